The molecule has 0 spiro atoms. The fourth-order valence-electron chi connectivity index (χ4n) is 3.62. The fourth-order valence-corrected chi connectivity index (χ4v) is 3.62. The van der Waals surface area contributed by atoms with Gasteiger partial charge in [-0.05, 0) is 52.3 Å². The van der Waals surface area contributed by atoms with Crippen molar-refractivity contribution in [2.24, 2.45) is 7.05 Å². The SMILES string of the molecule is Cc1ncc(CNC(=O)CCc2cn(C)nc2C)c([C@@H]2CCCN2C)n1. The minimum atomic E-state index is 0.0413. The van der Waals surface area contributed by atoms with E-state index in [0.717, 1.165) is 41.3 Å². The van der Waals surface area contributed by atoms with Crippen LogP contribution < -0.4 is 5.32 Å². The number of rotatable bonds is 6. The lowest BCUT2D eigenvalue weighted by Gasteiger charge is -2.21. The fraction of sp³-hybridized carbons (Fsp3) is 0.579. The van der Waals surface area contributed by atoms with Crippen molar-refractivity contribution >= 4 is 5.91 Å². The summed E-state index contributed by atoms with van der Waals surface area (Å²) < 4.78 is 1.79. The Labute approximate surface area is 154 Å². The van der Waals surface area contributed by atoms with Crippen LogP contribution in [0.5, 0.6) is 0 Å². The number of nitrogens with one attached hydrogen (secondary N) is 1. The number of hydrogen-bond acceptors (Lipinski definition) is 5. The van der Waals surface area contributed by atoms with Crippen LogP contribution in [0.3, 0.4) is 0 Å². The Morgan fingerprint density at radius 1 is 1.31 bits per heavy atom. The van der Waals surface area contributed by atoms with E-state index in [9.17, 15) is 4.79 Å². The lowest BCUT2D eigenvalue weighted by molar-refractivity contribution is -0.121. The molecule has 3 rings (SSSR count). The average molecular weight is 356 g/mol. The number of carbonyl (C=O) groups excluding carboxylic acids is 1. The summed E-state index contributed by atoms with van der Waals surface area (Å²) in [6.07, 6.45) is 7.28. The Hall–Kier alpha value is -2.28. The van der Waals surface area contributed by atoms with E-state index in [-0.39, 0.29) is 5.91 Å². The molecule has 1 aliphatic rings. The van der Waals surface area contributed by atoms with Gasteiger partial charge in [0.25, 0.3) is 0 Å². The Kier molecular flexibility index (Phi) is 5.66. The van der Waals surface area contributed by atoms with Crippen molar-refractivity contribution in [1.82, 2.24) is 30.0 Å². The molecule has 0 unspecified atom stereocenters. The maximum Gasteiger partial charge on any atom is 0.220 e. The molecule has 1 aliphatic heterocycles. The zero-order valence-corrected chi connectivity index (χ0v) is 16.1. The first kappa shape index (κ1) is 18.5. The van der Waals surface area contributed by atoms with Gasteiger partial charge in [-0.25, -0.2) is 9.97 Å². The summed E-state index contributed by atoms with van der Waals surface area (Å²) in [6.45, 7) is 5.45. The van der Waals surface area contributed by atoms with E-state index in [4.69, 9.17) is 0 Å². The van der Waals surface area contributed by atoms with Gasteiger partial charge >= 0.3 is 0 Å². The Morgan fingerprint density at radius 2 is 2.12 bits per heavy atom. The van der Waals surface area contributed by atoms with Crippen molar-refractivity contribution < 1.29 is 4.79 Å². The monoisotopic (exact) mass is 356 g/mol. The molecule has 1 fully saturated rings. The highest BCUT2D eigenvalue weighted by atomic mass is 16.1. The number of aromatic nitrogens is 4. The van der Waals surface area contributed by atoms with E-state index < -0.39 is 0 Å². The van der Waals surface area contributed by atoms with E-state index in [1.807, 2.05) is 33.3 Å². The van der Waals surface area contributed by atoms with Gasteiger partial charge in [-0.1, -0.05) is 0 Å². The second kappa shape index (κ2) is 7.95. The molecule has 26 heavy (non-hydrogen) atoms. The molecular weight excluding hydrogens is 328 g/mol. The van der Waals surface area contributed by atoms with Crippen molar-refractivity contribution in [3.63, 3.8) is 0 Å². The summed E-state index contributed by atoms with van der Waals surface area (Å²) in [4.78, 5) is 23.6. The average Bonchev–Trinajstić information content (AvgIpc) is 3.16. The molecule has 2 aromatic heterocycles. The second-order valence-electron chi connectivity index (χ2n) is 7.16. The highest BCUT2D eigenvalue weighted by Gasteiger charge is 2.26. The molecule has 1 saturated heterocycles. The van der Waals surface area contributed by atoms with Crippen LogP contribution in [0.15, 0.2) is 12.4 Å². The van der Waals surface area contributed by atoms with Gasteiger partial charge in [-0.3, -0.25) is 14.4 Å². The van der Waals surface area contributed by atoms with Crippen LogP contribution in [0, 0.1) is 13.8 Å². The summed E-state index contributed by atoms with van der Waals surface area (Å²) in [5, 5.41) is 7.35. The van der Waals surface area contributed by atoms with Crippen LogP contribution in [0.4, 0.5) is 0 Å². The van der Waals surface area contributed by atoms with E-state index in [2.05, 4.69) is 32.3 Å². The predicted octanol–water partition coefficient (Wildman–Crippen LogP) is 1.84. The van der Waals surface area contributed by atoms with Crippen LogP contribution in [0.1, 0.15) is 53.6 Å². The maximum absolute atomic E-state index is 12.3. The van der Waals surface area contributed by atoms with Crippen LogP contribution >= 0.6 is 0 Å². The van der Waals surface area contributed by atoms with Crippen molar-refractivity contribution in [3.05, 3.63) is 40.7 Å². The normalized spacial score (nSPS) is 17.6. The van der Waals surface area contributed by atoms with Crippen LogP contribution in [0.2, 0.25) is 0 Å². The molecule has 1 amide bonds. The minimum Gasteiger partial charge on any atom is -0.352 e. The Bertz CT molecular complexity index is 784. The highest BCUT2D eigenvalue weighted by Crippen LogP contribution is 2.31. The number of carbonyl (C=O) groups is 1. The molecule has 0 aliphatic carbocycles. The van der Waals surface area contributed by atoms with Gasteiger partial charge in [0, 0.05) is 38.0 Å². The molecule has 7 nitrogen and oxygen atoms in total. The number of likely N-dealkylation sites (tertiary alicyclic amines) is 1. The molecule has 0 bridgehead atoms. The number of amides is 1. The van der Waals surface area contributed by atoms with Gasteiger partial charge in [0.15, 0.2) is 0 Å². The first-order chi connectivity index (χ1) is 12.4. The molecule has 1 atom stereocenters. The van der Waals surface area contributed by atoms with Gasteiger partial charge in [-0.15, -0.1) is 0 Å². The largest absolute Gasteiger partial charge is 0.352 e. The van der Waals surface area contributed by atoms with E-state index in [0.29, 0.717) is 25.4 Å². The van der Waals surface area contributed by atoms with E-state index in [1.54, 1.807) is 4.68 Å². The third-order valence-corrected chi connectivity index (χ3v) is 5.07. The van der Waals surface area contributed by atoms with Gasteiger partial charge in [0.05, 0.1) is 17.4 Å². The molecule has 0 radical (unpaired) electrons. The van der Waals surface area contributed by atoms with Crippen molar-refractivity contribution in [2.45, 2.75) is 52.1 Å². The third kappa shape index (κ3) is 4.27. The lowest BCUT2D eigenvalue weighted by Crippen LogP contribution is -2.26. The van der Waals surface area contributed by atoms with Crippen molar-refractivity contribution in [3.8, 4) is 0 Å². The number of nitrogens with zero attached hydrogens (tertiary/aromatic N) is 5. The molecule has 0 aromatic carbocycles. The zero-order chi connectivity index (χ0) is 18.7. The molecular formula is C19H28N6O. The molecule has 0 saturated carbocycles. The van der Waals surface area contributed by atoms with E-state index >= 15 is 0 Å². The van der Waals surface area contributed by atoms with Gasteiger partial charge in [0.1, 0.15) is 5.82 Å². The standard InChI is InChI=1S/C19H28N6O/c1-13-15(12-25(4)23-13)7-8-18(26)21-11-16-10-20-14(2)22-19(16)17-6-5-9-24(17)3/h10,12,17H,5-9,11H2,1-4H3,(H,21,26)/t17-/m0/s1. The zero-order valence-electron chi connectivity index (χ0n) is 16.1. The van der Waals surface area contributed by atoms with Crippen LogP contribution in [-0.2, 0) is 24.8 Å². The summed E-state index contributed by atoms with van der Waals surface area (Å²) >= 11 is 0. The Morgan fingerprint density at radius 3 is 2.77 bits per heavy atom. The van der Waals surface area contributed by atoms with Crippen molar-refractivity contribution in [1.29, 1.82) is 0 Å². The van der Waals surface area contributed by atoms with Gasteiger partial charge < -0.3 is 5.32 Å². The smallest absolute Gasteiger partial charge is 0.220 e. The van der Waals surface area contributed by atoms with E-state index in [1.165, 1.54) is 6.42 Å². The third-order valence-electron chi connectivity index (χ3n) is 5.07. The highest BCUT2D eigenvalue weighted by molar-refractivity contribution is 5.76. The molecule has 7 heteroatoms. The van der Waals surface area contributed by atoms with Gasteiger partial charge in [0.2, 0.25) is 5.91 Å². The van der Waals surface area contributed by atoms with Gasteiger partial charge in [-0.2, -0.15) is 5.10 Å². The first-order valence-corrected chi connectivity index (χ1v) is 9.22. The summed E-state index contributed by atoms with van der Waals surface area (Å²) in [5.74, 6) is 0.821. The second-order valence-corrected chi connectivity index (χ2v) is 7.16. The summed E-state index contributed by atoms with van der Waals surface area (Å²) in [6, 6.07) is 0.321. The predicted molar refractivity (Wildman–Crippen MR) is 99.5 cm³/mol. The molecule has 1 N–H and O–H groups in total. The first-order valence-electron chi connectivity index (χ1n) is 9.22. The maximum atomic E-state index is 12.3. The summed E-state index contributed by atoms with van der Waals surface area (Å²) in [7, 11) is 4.03. The van der Waals surface area contributed by atoms with Crippen molar-refractivity contribution in [2.75, 3.05) is 13.6 Å². The van der Waals surface area contributed by atoms with Crippen LogP contribution in [-0.4, -0.2) is 44.1 Å². The lowest BCUT2D eigenvalue weighted by atomic mass is 10.1. The minimum absolute atomic E-state index is 0.0413. The summed E-state index contributed by atoms with van der Waals surface area (Å²) in [5.41, 5.74) is 4.18. The quantitative estimate of drug-likeness (QED) is 0.855. The molecule has 3 heterocycles. The topological polar surface area (TPSA) is 75.9 Å². The molecule has 140 valence electrons. The number of aryl methyl sites for hydroxylation is 4. The Balaban J connectivity index is 1.60. The van der Waals surface area contributed by atoms with Crippen LogP contribution in [0.25, 0.3) is 0 Å². The number of hydrogen-bond donors (Lipinski definition) is 1. The molecule has 2 aromatic rings.